The van der Waals surface area contributed by atoms with E-state index in [0.29, 0.717) is 12.5 Å². The van der Waals surface area contributed by atoms with Crippen LogP contribution in [0.2, 0.25) is 0 Å². The maximum atomic E-state index is 11.2. The molecule has 8 heteroatoms. The molecule has 3 N–H and O–H groups in total. The minimum Gasteiger partial charge on any atom is -0.492 e. The fraction of sp³-hybridized carbons (Fsp3) is 0.512. The molecule has 49 heavy (non-hydrogen) atoms. The van der Waals surface area contributed by atoms with Gasteiger partial charge in [-0.05, 0) is 110 Å². The minimum absolute atomic E-state index is 0.121. The molecule has 0 amide bonds. The molecule has 0 saturated heterocycles. The van der Waals surface area contributed by atoms with Gasteiger partial charge < -0.3 is 19.5 Å². The summed E-state index contributed by atoms with van der Waals surface area (Å²) in [6.07, 6.45) is 15.4. The summed E-state index contributed by atoms with van der Waals surface area (Å²) >= 11 is 0. The zero-order valence-electron chi connectivity index (χ0n) is 30.4. The normalized spacial score (nSPS) is 16.6. The van der Waals surface area contributed by atoms with Crippen LogP contribution >= 0.6 is 7.82 Å². The largest absolute Gasteiger partial charge is 0.524 e. The van der Waals surface area contributed by atoms with Gasteiger partial charge in [0.2, 0.25) is 0 Å². The average Bonchev–Trinajstić information content (AvgIpc) is 3.08. The van der Waals surface area contributed by atoms with Crippen molar-refractivity contribution in [1.29, 1.82) is 0 Å². The van der Waals surface area contributed by atoms with Crippen LogP contribution in [0, 0.1) is 0 Å². The first-order valence-corrected chi connectivity index (χ1v) is 19.9. The highest BCUT2D eigenvalue weighted by atomic mass is 31.2. The molecule has 3 aromatic rings. The molecule has 0 aliphatic heterocycles. The van der Waals surface area contributed by atoms with E-state index in [1.54, 1.807) is 12.1 Å². The zero-order chi connectivity index (χ0) is 35.2. The highest BCUT2D eigenvalue weighted by Crippen LogP contribution is 2.40. The number of allylic oxidation sites excluding steroid dienone is 1. The summed E-state index contributed by atoms with van der Waals surface area (Å²) in [6.45, 7) is 7.94. The highest BCUT2D eigenvalue weighted by Gasteiger charge is 2.20. The minimum atomic E-state index is -4.62. The molecule has 268 valence electrons. The molecular weight excluding hydrogens is 631 g/mol. The Bertz CT molecular complexity index is 1450. The summed E-state index contributed by atoms with van der Waals surface area (Å²) in [5.74, 6) is 1.38. The van der Waals surface area contributed by atoms with Gasteiger partial charge in [-0.25, -0.2) is 4.57 Å². The molecule has 0 spiro atoms. The number of hydrogen-bond donors (Lipinski definition) is 3. The van der Waals surface area contributed by atoms with Gasteiger partial charge in [0, 0.05) is 18.6 Å². The van der Waals surface area contributed by atoms with Crippen molar-refractivity contribution in [3.05, 3.63) is 95.1 Å². The van der Waals surface area contributed by atoms with Crippen molar-refractivity contribution in [1.82, 2.24) is 10.2 Å². The fourth-order valence-corrected chi connectivity index (χ4v) is 7.26. The topological polar surface area (TPSA) is 91.3 Å². The maximum absolute atomic E-state index is 11.2. The van der Waals surface area contributed by atoms with Crippen LogP contribution < -0.4 is 14.6 Å². The maximum Gasteiger partial charge on any atom is 0.524 e. The monoisotopic (exact) mass is 690 g/mol. The van der Waals surface area contributed by atoms with E-state index in [-0.39, 0.29) is 5.75 Å². The lowest BCUT2D eigenvalue weighted by atomic mass is 9.87. The van der Waals surface area contributed by atoms with E-state index in [9.17, 15) is 4.57 Å². The summed E-state index contributed by atoms with van der Waals surface area (Å²) in [6, 6.07) is 25.3. The van der Waals surface area contributed by atoms with Gasteiger partial charge in [0.15, 0.2) is 0 Å². The number of nitrogens with one attached hydrogen (secondary N) is 1. The molecule has 2 saturated carbocycles. The third kappa shape index (κ3) is 13.0. The standard InChI is InChI=1S/C29H36NO5P.C12H23N/c1-6-28(23-9-7-22(8-10-23)21(2)3)29(25-13-17-27(18-14-25)35-36(31,32)33)24-11-15-26(16-12-24)34-20-19-30(4)5;1-3-7-11(8-4-1)13-12-9-5-2-6-10-12/h7-18,21H,6,19-20H2,1-5H3,(H2,31,32,33);11-13H,1-10H2/b29-28+;. The molecule has 0 unspecified atom stereocenters. The van der Waals surface area contributed by atoms with E-state index in [1.165, 1.54) is 75.3 Å². The Kier molecular flexibility index (Phi) is 15.4. The van der Waals surface area contributed by atoms with E-state index >= 15 is 0 Å². The third-order valence-electron chi connectivity index (χ3n) is 9.58. The molecule has 0 aromatic heterocycles. The summed E-state index contributed by atoms with van der Waals surface area (Å²) in [5.41, 5.74) is 6.61. The first-order valence-electron chi connectivity index (χ1n) is 18.4. The lowest BCUT2D eigenvalue weighted by Crippen LogP contribution is -2.40. The Morgan fingerprint density at radius 3 is 1.65 bits per heavy atom. The second kappa shape index (κ2) is 19.5. The number of rotatable bonds is 13. The number of phosphoric acid groups is 1. The van der Waals surface area contributed by atoms with Gasteiger partial charge in [0.1, 0.15) is 18.1 Å². The summed E-state index contributed by atoms with van der Waals surface area (Å²) in [5, 5.41) is 3.86. The van der Waals surface area contributed by atoms with Crippen LogP contribution in [0.15, 0.2) is 72.8 Å². The average molecular weight is 691 g/mol. The van der Waals surface area contributed by atoms with Gasteiger partial charge in [0.05, 0.1) is 0 Å². The second-order valence-corrected chi connectivity index (χ2v) is 15.3. The Labute approximate surface area is 295 Å². The van der Waals surface area contributed by atoms with Gasteiger partial charge in [-0.2, -0.15) is 0 Å². The molecule has 0 radical (unpaired) electrons. The van der Waals surface area contributed by atoms with E-state index in [2.05, 4.69) is 67.4 Å². The van der Waals surface area contributed by atoms with Crippen molar-refractivity contribution < 1.29 is 23.6 Å². The molecule has 2 fully saturated rings. The van der Waals surface area contributed by atoms with Gasteiger partial charge in [0.25, 0.3) is 0 Å². The van der Waals surface area contributed by atoms with Crippen LogP contribution in [0.1, 0.15) is 120 Å². The van der Waals surface area contributed by atoms with Crippen LogP contribution in [0.3, 0.4) is 0 Å². The predicted octanol–water partition coefficient (Wildman–Crippen LogP) is 9.83. The van der Waals surface area contributed by atoms with Crippen molar-refractivity contribution in [2.45, 2.75) is 109 Å². The second-order valence-electron chi connectivity index (χ2n) is 14.1. The Morgan fingerprint density at radius 1 is 0.755 bits per heavy atom. The van der Waals surface area contributed by atoms with Crippen molar-refractivity contribution in [2.24, 2.45) is 0 Å². The number of nitrogens with zero attached hydrogens (tertiary/aromatic N) is 1. The third-order valence-corrected chi connectivity index (χ3v) is 10.0. The zero-order valence-corrected chi connectivity index (χ0v) is 31.3. The molecule has 0 bridgehead atoms. The van der Waals surface area contributed by atoms with Gasteiger partial charge >= 0.3 is 7.82 Å². The molecule has 2 aliphatic rings. The van der Waals surface area contributed by atoms with Crippen molar-refractivity contribution in [3.63, 3.8) is 0 Å². The van der Waals surface area contributed by atoms with Crippen LogP contribution in [0.4, 0.5) is 0 Å². The van der Waals surface area contributed by atoms with Crippen LogP contribution in [0.25, 0.3) is 11.1 Å². The van der Waals surface area contributed by atoms with Gasteiger partial charge in [-0.1, -0.05) is 108 Å². The van der Waals surface area contributed by atoms with Crippen molar-refractivity contribution >= 4 is 19.0 Å². The molecule has 3 aromatic carbocycles. The summed E-state index contributed by atoms with van der Waals surface area (Å²) in [7, 11) is -0.593. The summed E-state index contributed by atoms with van der Waals surface area (Å²) in [4.78, 5) is 20.4. The molecule has 5 rings (SSSR count). The Morgan fingerprint density at radius 2 is 1.22 bits per heavy atom. The van der Waals surface area contributed by atoms with E-state index in [0.717, 1.165) is 53.1 Å². The molecule has 2 aliphatic carbocycles. The van der Waals surface area contributed by atoms with Gasteiger partial charge in [-0.3, -0.25) is 9.79 Å². The fourth-order valence-electron chi connectivity index (χ4n) is 6.87. The first-order chi connectivity index (χ1) is 23.5. The number of hydrogen-bond acceptors (Lipinski definition) is 5. The lowest BCUT2D eigenvalue weighted by molar-refractivity contribution is 0.261. The number of likely N-dealkylation sites (N-methyl/N-ethyl adjacent to an activating group) is 1. The van der Waals surface area contributed by atoms with Crippen LogP contribution in [0.5, 0.6) is 11.5 Å². The number of ether oxygens (including phenoxy) is 1. The Balaban J connectivity index is 0.000000344. The van der Waals surface area contributed by atoms with E-state index < -0.39 is 7.82 Å². The molecule has 0 atom stereocenters. The number of phosphoric ester groups is 1. The van der Waals surface area contributed by atoms with E-state index in [1.807, 2.05) is 38.4 Å². The number of benzene rings is 3. The van der Waals surface area contributed by atoms with Crippen LogP contribution in [-0.4, -0.2) is 54.0 Å². The molecular formula is C41H59N2O5P. The SMILES string of the molecule is C1CCC(NC2CCCCC2)CC1.CC/C(=C(/c1ccc(OCCN(C)C)cc1)c1ccc(OP(=O)(O)O)cc1)c1ccc(C(C)C)cc1. The lowest BCUT2D eigenvalue weighted by Gasteiger charge is -2.30. The smallest absolute Gasteiger partial charge is 0.492 e. The van der Waals surface area contributed by atoms with Crippen LogP contribution in [-0.2, 0) is 4.57 Å². The predicted molar refractivity (Wildman–Crippen MR) is 203 cm³/mol. The quantitative estimate of drug-likeness (QED) is 0.122. The van der Waals surface area contributed by atoms with Crippen molar-refractivity contribution in [3.8, 4) is 11.5 Å². The molecule has 7 nitrogen and oxygen atoms in total. The summed E-state index contributed by atoms with van der Waals surface area (Å²) < 4.78 is 21.9. The first kappa shape index (κ1) is 38.9. The van der Waals surface area contributed by atoms with Crippen molar-refractivity contribution in [2.75, 3.05) is 27.2 Å². The van der Waals surface area contributed by atoms with Gasteiger partial charge in [-0.15, -0.1) is 0 Å². The Hall–Kier alpha value is -2.93. The van der Waals surface area contributed by atoms with E-state index in [4.69, 9.17) is 19.0 Å². The molecule has 0 heterocycles. The highest BCUT2D eigenvalue weighted by molar-refractivity contribution is 7.46.